The van der Waals surface area contributed by atoms with E-state index in [1.54, 1.807) is 59.3 Å². The summed E-state index contributed by atoms with van der Waals surface area (Å²) in [7, 11) is 1.52. The number of nitrogens with two attached hydrogens (primary N) is 3. The van der Waals surface area contributed by atoms with Crippen molar-refractivity contribution in [3.63, 3.8) is 0 Å². The SMILES string of the molecule is CNC(=O)Cn1cc(C(=O)COc2cc3ccc(Cl)cc3cc2C(N)=O)c2ccc(O/C(N)=C/C=C\N)cc21. The Kier molecular flexibility index (Phi) is 8.07. The predicted molar refractivity (Wildman–Crippen MR) is 150 cm³/mol. The van der Waals surface area contributed by atoms with Crippen molar-refractivity contribution in [2.45, 2.75) is 6.54 Å². The molecule has 2 amide bonds. The second kappa shape index (κ2) is 11.6. The van der Waals surface area contributed by atoms with E-state index >= 15 is 0 Å². The Morgan fingerprint density at radius 1 is 1.03 bits per heavy atom. The van der Waals surface area contributed by atoms with Crippen molar-refractivity contribution in [3.05, 3.63) is 95.1 Å². The van der Waals surface area contributed by atoms with E-state index in [0.29, 0.717) is 32.6 Å². The van der Waals surface area contributed by atoms with Crippen LogP contribution in [0.3, 0.4) is 0 Å². The Hall–Kier alpha value is -4.96. The molecule has 0 atom stereocenters. The van der Waals surface area contributed by atoms with E-state index < -0.39 is 5.91 Å². The number of primary amides is 1. The zero-order chi connectivity index (χ0) is 28.1. The number of nitrogens with one attached hydrogen (secondary N) is 1. The van der Waals surface area contributed by atoms with Crippen LogP contribution in [0.5, 0.6) is 11.5 Å². The molecule has 4 rings (SSSR count). The molecule has 10 nitrogen and oxygen atoms in total. The normalized spacial score (nSPS) is 11.7. The number of Topliss-reactive ketones (excluding diaryl/α,β-unsaturated/α-hetero) is 1. The number of amides is 2. The summed E-state index contributed by atoms with van der Waals surface area (Å²) in [4.78, 5) is 37.6. The zero-order valence-electron chi connectivity index (χ0n) is 20.9. The monoisotopic (exact) mass is 547 g/mol. The summed E-state index contributed by atoms with van der Waals surface area (Å²) in [6.45, 7) is -0.414. The number of hydrogen-bond acceptors (Lipinski definition) is 7. The van der Waals surface area contributed by atoms with Gasteiger partial charge in [0.05, 0.1) is 11.1 Å². The second-order valence-corrected chi connectivity index (χ2v) is 8.93. The van der Waals surface area contributed by atoms with Crippen LogP contribution in [0.25, 0.3) is 21.7 Å². The smallest absolute Gasteiger partial charge is 0.252 e. The summed E-state index contributed by atoms with van der Waals surface area (Å²) in [5.41, 5.74) is 17.7. The number of nitrogens with zero attached hydrogens (tertiary/aromatic N) is 1. The molecule has 7 N–H and O–H groups in total. The van der Waals surface area contributed by atoms with E-state index in [4.69, 9.17) is 38.3 Å². The van der Waals surface area contributed by atoms with E-state index in [9.17, 15) is 14.4 Å². The highest BCUT2D eigenvalue weighted by molar-refractivity contribution is 6.31. The van der Waals surface area contributed by atoms with E-state index in [1.807, 2.05) is 0 Å². The van der Waals surface area contributed by atoms with Gasteiger partial charge < -0.3 is 36.6 Å². The molecular formula is C28H26ClN5O5. The highest BCUT2D eigenvalue weighted by Crippen LogP contribution is 2.30. The van der Waals surface area contributed by atoms with Crippen molar-refractivity contribution in [2.24, 2.45) is 17.2 Å². The van der Waals surface area contributed by atoms with Gasteiger partial charge in [-0.25, -0.2) is 0 Å². The number of ketones is 1. The summed E-state index contributed by atoms with van der Waals surface area (Å²) in [6.07, 6.45) is 5.89. The number of rotatable bonds is 10. The molecule has 0 saturated heterocycles. The molecule has 0 saturated carbocycles. The second-order valence-electron chi connectivity index (χ2n) is 8.49. The van der Waals surface area contributed by atoms with E-state index in [2.05, 4.69) is 5.32 Å². The first kappa shape index (κ1) is 27.1. The van der Waals surface area contributed by atoms with Crippen LogP contribution in [0.4, 0.5) is 0 Å². The number of ether oxygens (including phenoxy) is 2. The first-order valence-electron chi connectivity index (χ1n) is 11.7. The molecule has 0 aliphatic heterocycles. The predicted octanol–water partition coefficient (Wildman–Crippen LogP) is 3.21. The maximum atomic E-state index is 13.3. The molecule has 0 radical (unpaired) electrons. The first-order chi connectivity index (χ1) is 18.7. The van der Waals surface area contributed by atoms with Gasteiger partial charge >= 0.3 is 0 Å². The van der Waals surface area contributed by atoms with Crippen molar-refractivity contribution < 1.29 is 23.9 Å². The highest BCUT2D eigenvalue weighted by Gasteiger charge is 2.19. The Bertz CT molecular complexity index is 1660. The number of benzene rings is 3. The summed E-state index contributed by atoms with van der Waals surface area (Å²) < 4.78 is 13.0. The standard InChI is InChI=1S/C28H26ClN5O5/c1-33-27(36)14-34-13-22(20-7-6-19(12-23(20)34)39-26(31)3-2-8-30)24(35)15-38-25-11-16-4-5-18(29)9-17(16)10-21(25)28(32)37/h2-13H,14-15,30-31H2,1H3,(H2,32,37)(H,33,36)/b8-2-,26-3+. The number of fused-ring (bicyclic) bond motifs is 2. The van der Waals surface area contributed by atoms with Gasteiger partial charge in [0, 0.05) is 35.3 Å². The third kappa shape index (κ3) is 6.13. The Balaban J connectivity index is 1.66. The van der Waals surface area contributed by atoms with Gasteiger partial charge in [-0.2, -0.15) is 0 Å². The van der Waals surface area contributed by atoms with Gasteiger partial charge in [0.15, 0.2) is 12.5 Å². The summed E-state index contributed by atoms with van der Waals surface area (Å²) in [5.74, 6) is -0.663. The van der Waals surface area contributed by atoms with Crippen molar-refractivity contribution in [1.82, 2.24) is 9.88 Å². The van der Waals surface area contributed by atoms with Crippen molar-refractivity contribution >= 4 is 50.9 Å². The topological polar surface area (TPSA) is 165 Å². The fourth-order valence-electron chi connectivity index (χ4n) is 4.02. The molecular weight excluding hydrogens is 522 g/mol. The molecule has 0 aliphatic carbocycles. The van der Waals surface area contributed by atoms with Gasteiger partial charge in [0.2, 0.25) is 11.7 Å². The Morgan fingerprint density at radius 2 is 1.82 bits per heavy atom. The first-order valence-corrected chi connectivity index (χ1v) is 12.1. The van der Waals surface area contributed by atoms with Crippen LogP contribution in [0, 0.1) is 0 Å². The van der Waals surface area contributed by atoms with Crippen molar-refractivity contribution in [1.29, 1.82) is 0 Å². The average molecular weight is 548 g/mol. The highest BCUT2D eigenvalue weighted by atomic mass is 35.5. The summed E-state index contributed by atoms with van der Waals surface area (Å²) >= 11 is 6.06. The number of hydrogen-bond donors (Lipinski definition) is 4. The van der Waals surface area contributed by atoms with Crippen LogP contribution in [-0.4, -0.2) is 35.8 Å². The van der Waals surface area contributed by atoms with Crippen LogP contribution in [0.15, 0.2) is 79.0 Å². The molecule has 39 heavy (non-hydrogen) atoms. The van der Waals surface area contributed by atoms with Gasteiger partial charge in [0.1, 0.15) is 18.0 Å². The number of aromatic nitrogens is 1. The number of carbonyl (C=O) groups excluding carboxylic acids is 3. The van der Waals surface area contributed by atoms with Crippen LogP contribution in [0.1, 0.15) is 20.7 Å². The fourth-order valence-corrected chi connectivity index (χ4v) is 4.20. The molecule has 0 bridgehead atoms. The molecule has 3 aromatic carbocycles. The maximum absolute atomic E-state index is 13.3. The lowest BCUT2D eigenvalue weighted by Gasteiger charge is -2.11. The van der Waals surface area contributed by atoms with Gasteiger partial charge in [0.25, 0.3) is 5.91 Å². The van der Waals surface area contributed by atoms with Crippen LogP contribution in [-0.2, 0) is 11.3 Å². The van der Waals surface area contributed by atoms with E-state index in [1.165, 1.54) is 25.4 Å². The summed E-state index contributed by atoms with van der Waals surface area (Å²) in [6, 6.07) is 13.4. The minimum atomic E-state index is -0.704. The zero-order valence-corrected chi connectivity index (χ0v) is 21.7. The summed E-state index contributed by atoms with van der Waals surface area (Å²) in [5, 5.41) is 5.12. The molecule has 11 heteroatoms. The lowest BCUT2D eigenvalue weighted by molar-refractivity contribution is -0.121. The third-order valence-electron chi connectivity index (χ3n) is 5.88. The van der Waals surface area contributed by atoms with Crippen LogP contribution >= 0.6 is 11.6 Å². The molecule has 4 aromatic rings. The lowest BCUT2D eigenvalue weighted by Crippen LogP contribution is -2.23. The third-order valence-corrected chi connectivity index (χ3v) is 6.11. The van der Waals surface area contributed by atoms with Gasteiger partial charge in [-0.3, -0.25) is 14.4 Å². The molecule has 0 unspecified atom stereocenters. The number of carbonyl (C=O) groups is 3. The minimum Gasteiger partial charge on any atom is -0.485 e. The molecule has 0 spiro atoms. The van der Waals surface area contributed by atoms with Gasteiger partial charge in [-0.1, -0.05) is 17.7 Å². The van der Waals surface area contributed by atoms with Gasteiger partial charge in [-0.15, -0.1) is 0 Å². The maximum Gasteiger partial charge on any atom is 0.252 e. The van der Waals surface area contributed by atoms with Gasteiger partial charge in [-0.05, 0) is 65.5 Å². The van der Waals surface area contributed by atoms with Crippen LogP contribution in [0.2, 0.25) is 5.02 Å². The molecule has 200 valence electrons. The number of allylic oxidation sites excluding steroid dienone is 2. The molecule has 1 heterocycles. The molecule has 0 aliphatic rings. The number of likely N-dealkylation sites (N-methyl/N-ethyl adjacent to an activating group) is 1. The Morgan fingerprint density at radius 3 is 2.54 bits per heavy atom. The van der Waals surface area contributed by atoms with E-state index in [-0.39, 0.29) is 42.0 Å². The van der Waals surface area contributed by atoms with Crippen LogP contribution < -0.4 is 32.0 Å². The Labute approximate surface area is 228 Å². The van der Waals surface area contributed by atoms with Crippen molar-refractivity contribution in [3.8, 4) is 11.5 Å². The minimum absolute atomic E-state index is 0.0368. The average Bonchev–Trinajstić information content (AvgIpc) is 3.27. The quantitative estimate of drug-likeness (QED) is 0.134. The molecule has 0 fully saturated rings. The molecule has 1 aromatic heterocycles. The number of halogens is 1. The fraction of sp³-hybridized carbons (Fsp3) is 0.107. The van der Waals surface area contributed by atoms with E-state index in [0.717, 1.165) is 5.39 Å². The lowest BCUT2D eigenvalue weighted by atomic mass is 10.1. The largest absolute Gasteiger partial charge is 0.485 e. The van der Waals surface area contributed by atoms with Crippen molar-refractivity contribution in [2.75, 3.05) is 13.7 Å².